The summed E-state index contributed by atoms with van der Waals surface area (Å²) in [7, 11) is 0. The van der Waals surface area contributed by atoms with Crippen molar-refractivity contribution in [3.05, 3.63) is 59.6 Å². The first-order valence-corrected chi connectivity index (χ1v) is 13.2. The van der Waals surface area contributed by atoms with E-state index in [1.165, 1.54) is 27.9 Å². The summed E-state index contributed by atoms with van der Waals surface area (Å²) in [5.41, 5.74) is 4.63. The number of carbonyl (C=O) groups is 3. The van der Waals surface area contributed by atoms with Crippen LogP contribution < -0.4 is 11.1 Å². The maximum absolute atomic E-state index is 15.3. The lowest BCUT2D eigenvalue weighted by Gasteiger charge is -2.35. The predicted molar refractivity (Wildman–Crippen MR) is 149 cm³/mol. The van der Waals surface area contributed by atoms with Crippen LogP contribution in [0.25, 0.3) is 16.9 Å². The molecule has 14 nitrogen and oxygen atoms in total. The molecule has 0 radical (unpaired) electrons. The molecule has 4 heterocycles. The summed E-state index contributed by atoms with van der Waals surface area (Å²) < 4.78 is 58.7. The normalized spacial score (nSPS) is 13.2. The number of rotatable bonds is 6. The zero-order valence-electron chi connectivity index (χ0n) is 23.6. The summed E-state index contributed by atoms with van der Waals surface area (Å²) in [6.07, 6.45) is 0.313. The monoisotopic (exact) mass is 630 g/mol. The number of anilines is 2. The maximum atomic E-state index is 15.3. The fraction of sp³-hybridized carbons (Fsp3) is 0.296. The molecular formula is C27H26F4N10O4. The SMILES string of the molecule is Cc1cc(Nc2nccn3c(-c4cn(CC#N)nc4C(F)(F)F)cnc23)cc(F)c1C(=O)N1CCN(C(=O)CN)CC1.O=CO. The lowest BCUT2D eigenvalue weighted by Crippen LogP contribution is -2.52. The van der Waals surface area contributed by atoms with Gasteiger partial charge in [0.15, 0.2) is 17.2 Å². The number of imidazole rings is 1. The number of aromatic nitrogens is 5. The van der Waals surface area contributed by atoms with Crippen LogP contribution in [0.1, 0.15) is 21.6 Å². The van der Waals surface area contributed by atoms with Crippen molar-refractivity contribution in [2.75, 3.05) is 38.0 Å². The van der Waals surface area contributed by atoms with Gasteiger partial charge in [-0.25, -0.2) is 14.4 Å². The summed E-state index contributed by atoms with van der Waals surface area (Å²) in [5, 5.41) is 22.2. The second kappa shape index (κ2) is 13.4. The highest BCUT2D eigenvalue weighted by atomic mass is 19.4. The van der Waals surface area contributed by atoms with Crippen LogP contribution in [0.3, 0.4) is 0 Å². The van der Waals surface area contributed by atoms with Gasteiger partial charge in [-0.05, 0) is 24.6 Å². The molecular weight excluding hydrogens is 604 g/mol. The molecule has 0 aliphatic carbocycles. The van der Waals surface area contributed by atoms with Gasteiger partial charge in [0.25, 0.3) is 12.4 Å². The molecule has 0 bridgehead atoms. The molecule has 1 fully saturated rings. The highest BCUT2D eigenvalue weighted by molar-refractivity contribution is 5.96. The number of carboxylic acid groups (broad SMARTS) is 1. The zero-order valence-corrected chi connectivity index (χ0v) is 23.6. The number of alkyl halides is 3. The number of halogens is 4. The molecule has 1 aliphatic heterocycles. The highest BCUT2D eigenvalue weighted by Crippen LogP contribution is 2.37. The van der Waals surface area contributed by atoms with Gasteiger partial charge in [-0.1, -0.05) is 0 Å². The van der Waals surface area contributed by atoms with Crippen LogP contribution in [0.2, 0.25) is 0 Å². The van der Waals surface area contributed by atoms with E-state index in [9.17, 15) is 22.8 Å². The molecule has 45 heavy (non-hydrogen) atoms. The van der Waals surface area contributed by atoms with Crippen LogP contribution in [0, 0.1) is 24.1 Å². The minimum Gasteiger partial charge on any atom is -0.483 e. The topological polar surface area (TPSA) is 188 Å². The number of hydrogen-bond acceptors (Lipinski definition) is 9. The predicted octanol–water partition coefficient (Wildman–Crippen LogP) is 2.27. The number of benzene rings is 1. The van der Waals surface area contributed by atoms with Gasteiger partial charge in [0, 0.05) is 50.5 Å². The maximum Gasteiger partial charge on any atom is 0.435 e. The summed E-state index contributed by atoms with van der Waals surface area (Å²) in [6, 6.07) is 4.43. The van der Waals surface area contributed by atoms with Gasteiger partial charge in [-0.2, -0.15) is 23.5 Å². The Hall–Kier alpha value is -5.57. The summed E-state index contributed by atoms with van der Waals surface area (Å²) in [6.45, 7) is 1.91. The third kappa shape index (κ3) is 6.83. The van der Waals surface area contributed by atoms with Gasteiger partial charge in [-0.3, -0.25) is 23.5 Å². The number of nitriles is 1. The Morgan fingerprint density at radius 3 is 2.44 bits per heavy atom. The zero-order chi connectivity index (χ0) is 32.9. The lowest BCUT2D eigenvalue weighted by molar-refractivity contribution is -0.141. The van der Waals surface area contributed by atoms with Crippen molar-refractivity contribution in [1.29, 1.82) is 5.26 Å². The molecule has 5 rings (SSSR count). The number of hydrogen-bond donors (Lipinski definition) is 3. The minimum absolute atomic E-state index is 0.0588. The van der Waals surface area contributed by atoms with E-state index in [2.05, 4.69) is 20.4 Å². The second-order valence-electron chi connectivity index (χ2n) is 9.62. The highest BCUT2D eigenvalue weighted by Gasteiger charge is 2.38. The van der Waals surface area contributed by atoms with Crippen molar-refractivity contribution in [2.45, 2.75) is 19.6 Å². The Morgan fingerprint density at radius 1 is 1.18 bits per heavy atom. The van der Waals surface area contributed by atoms with E-state index in [1.807, 2.05) is 0 Å². The molecule has 18 heteroatoms. The third-order valence-electron chi connectivity index (χ3n) is 6.83. The number of nitrogens with two attached hydrogens (primary N) is 1. The van der Waals surface area contributed by atoms with E-state index >= 15 is 4.39 Å². The first-order valence-electron chi connectivity index (χ1n) is 13.2. The smallest absolute Gasteiger partial charge is 0.435 e. The molecule has 2 amide bonds. The molecule has 3 aromatic heterocycles. The molecule has 4 aromatic rings. The van der Waals surface area contributed by atoms with E-state index in [4.69, 9.17) is 20.9 Å². The molecule has 1 aliphatic rings. The number of nitrogens with one attached hydrogen (secondary N) is 1. The fourth-order valence-electron chi connectivity index (χ4n) is 4.85. The van der Waals surface area contributed by atoms with Gasteiger partial charge in [0.2, 0.25) is 5.91 Å². The Labute approximate surface area is 252 Å². The first kappa shape index (κ1) is 32.3. The molecule has 0 unspecified atom stereocenters. The Morgan fingerprint density at radius 2 is 1.84 bits per heavy atom. The first-order chi connectivity index (χ1) is 21.4. The van der Waals surface area contributed by atoms with E-state index in [-0.39, 0.29) is 72.5 Å². The Balaban J connectivity index is 0.00000148. The molecule has 1 aromatic carbocycles. The van der Waals surface area contributed by atoms with Gasteiger partial charge < -0.3 is 26.0 Å². The molecule has 236 valence electrons. The van der Waals surface area contributed by atoms with Crippen LogP contribution in [0.4, 0.5) is 29.1 Å². The largest absolute Gasteiger partial charge is 0.483 e. The molecule has 0 spiro atoms. The van der Waals surface area contributed by atoms with Crippen LogP contribution in [-0.4, -0.2) is 90.1 Å². The Bertz CT molecular complexity index is 1750. The average Bonchev–Trinajstić information content (AvgIpc) is 3.62. The van der Waals surface area contributed by atoms with Crippen molar-refractivity contribution in [1.82, 2.24) is 33.9 Å². The third-order valence-corrected chi connectivity index (χ3v) is 6.83. The molecule has 0 atom stereocenters. The van der Waals surface area contributed by atoms with Crippen molar-refractivity contribution in [3.63, 3.8) is 0 Å². The van der Waals surface area contributed by atoms with Gasteiger partial charge in [0.1, 0.15) is 12.4 Å². The quantitative estimate of drug-likeness (QED) is 0.211. The number of nitrogens with zero attached hydrogens (tertiary/aromatic N) is 8. The standard InChI is InChI=1S/C26H24F4N10O2.CH2O2/c1-15-10-16(11-18(27)21(15)25(42)38-8-6-37(7-9-38)20(41)12-32)35-23-24-34-13-19(40(24)5-3-33-23)17-14-39(4-2-31)36-22(17)26(28,29)30;2-1-3/h3,5,10-11,13-14H,4,6-9,12,32H2,1H3,(H,33,35);1H,(H,2,3). The van der Waals surface area contributed by atoms with Crippen LogP contribution in [-0.2, 0) is 22.3 Å². The van der Waals surface area contributed by atoms with Crippen molar-refractivity contribution >= 4 is 35.4 Å². The second-order valence-corrected chi connectivity index (χ2v) is 9.62. The fourth-order valence-corrected chi connectivity index (χ4v) is 4.85. The van der Waals surface area contributed by atoms with Gasteiger partial charge >= 0.3 is 6.18 Å². The van der Waals surface area contributed by atoms with E-state index < -0.39 is 23.6 Å². The van der Waals surface area contributed by atoms with Crippen LogP contribution >= 0.6 is 0 Å². The number of carbonyl (C=O) groups excluding carboxylic acids is 2. The number of piperazine rings is 1. The molecule has 4 N–H and O–H groups in total. The van der Waals surface area contributed by atoms with Crippen molar-refractivity contribution in [3.8, 4) is 17.3 Å². The lowest BCUT2D eigenvalue weighted by atomic mass is 10.0. The minimum atomic E-state index is -4.78. The molecule has 0 saturated carbocycles. The number of aryl methyl sites for hydroxylation is 1. The van der Waals surface area contributed by atoms with Gasteiger partial charge in [0.05, 0.1) is 35.6 Å². The number of fused-ring (bicyclic) bond motifs is 1. The summed E-state index contributed by atoms with van der Waals surface area (Å²) >= 11 is 0. The number of amides is 2. The summed E-state index contributed by atoms with van der Waals surface area (Å²) in [4.78, 5) is 44.7. The van der Waals surface area contributed by atoms with Crippen LogP contribution in [0.15, 0.2) is 36.9 Å². The van der Waals surface area contributed by atoms with E-state index in [1.54, 1.807) is 24.0 Å². The van der Waals surface area contributed by atoms with E-state index in [0.717, 1.165) is 16.9 Å². The summed E-state index contributed by atoms with van der Waals surface area (Å²) in [5.74, 6) is -1.38. The average molecular weight is 631 g/mol. The Kier molecular flexibility index (Phi) is 9.62. The van der Waals surface area contributed by atoms with Crippen LogP contribution in [0.5, 0.6) is 0 Å². The molecule has 1 saturated heterocycles. The van der Waals surface area contributed by atoms with Crippen molar-refractivity contribution in [2.24, 2.45) is 5.73 Å². The van der Waals surface area contributed by atoms with Gasteiger partial charge in [-0.15, -0.1) is 0 Å². The van der Waals surface area contributed by atoms with E-state index in [0.29, 0.717) is 18.7 Å². The van der Waals surface area contributed by atoms with Crippen molar-refractivity contribution < 1.29 is 37.1 Å².